The second kappa shape index (κ2) is 5.95. The van der Waals surface area contributed by atoms with Crippen LogP contribution in [0.5, 0.6) is 0 Å². The first-order valence-corrected chi connectivity index (χ1v) is 6.40. The number of benzene rings is 2. The number of carbonyl (C=O) groups is 1. The zero-order valence-corrected chi connectivity index (χ0v) is 11.5. The first kappa shape index (κ1) is 13.7. The van der Waals surface area contributed by atoms with Gasteiger partial charge in [0.15, 0.2) is 0 Å². The number of nitrogens with one attached hydrogen (secondary N) is 1. The van der Waals surface area contributed by atoms with Crippen molar-refractivity contribution in [3.63, 3.8) is 0 Å². The van der Waals surface area contributed by atoms with Gasteiger partial charge in [0.1, 0.15) is 0 Å². The van der Waals surface area contributed by atoms with Crippen LogP contribution >= 0.6 is 23.2 Å². The third kappa shape index (κ3) is 3.63. The highest BCUT2D eigenvalue weighted by Gasteiger charge is 2.09. The Kier molecular flexibility index (Phi) is 4.30. The number of anilines is 2. The third-order valence-electron chi connectivity index (χ3n) is 2.57. The largest absolute Gasteiger partial charge is 0.397 e. The standard InChI is InChI=1S/C14H12Cl2N2O/c15-10-8-13(11(16)7-12(10)17)18-14(19)6-9-4-2-1-3-5-9/h1-5,7-8H,6,17H2,(H,18,19). The van der Waals surface area contributed by atoms with Crippen molar-refractivity contribution in [2.75, 3.05) is 11.1 Å². The Morgan fingerprint density at radius 1 is 1.11 bits per heavy atom. The lowest BCUT2D eigenvalue weighted by Crippen LogP contribution is -2.14. The SMILES string of the molecule is Nc1cc(Cl)c(NC(=O)Cc2ccccc2)cc1Cl. The molecule has 0 saturated carbocycles. The molecule has 19 heavy (non-hydrogen) atoms. The summed E-state index contributed by atoms with van der Waals surface area (Å²) in [4.78, 5) is 11.9. The molecule has 0 radical (unpaired) electrons. The summed E-state index contributed by atoms with van der Waals surface area (Å²) in [5.41, 5.74) is 7.39. The lowest BCUT2D eigenvalue weighted by Gasteiger charge is -2.09. The van der Waals surface area contributed by atoms with Gasteiger partial charge < -0.3 is 11.1 Å². The minimum absolute atomic E-state index is 0.158. The van der Waals surface area contributed by atoms with Gasteiger partial charge in [-0.25, -0.2) is 0 Å². The van der Waals surface area contributed by atoms with Gasteiger partial charge in [-0.2, -0.15) is 0 Å². The minimum Gasteiger partial charge on any atom is -0.397 e. The second-order valence-electron chi connectivity index (χ2n) is 4.06. The summed E-state index contributed by atoms with van der Waals surface area (Å²) >= 11 is 11.9. The number of hydrogen-bond acceptors (Lipinski definition) is 2. The molecule has 3 N–H and O–H groups in total. The first-order valence-electron chi connectivity index (χ1n) is 5.64. The van der Waals surface area contributed by atoms with Gasteiger partial charge in [-0.05, 0) is 17.7 Å². The Morgan fingerprint density at radius 2 is 1.79 bits per heavy atom. The van der Waals surface area contributed by atoms with Crippen LogP contribution in [0.1, 0.15) is 5.56 Å². The quantitative estimate of drug-likeness (QED) is 0.847. The molecule has 5 heteroatoms. The molecule has 0 heterocycles. The van der Waals surface area contributed by atoms with E-state index in [1.54, 1.807) is 6.07 Å². The molecule has 0 aliphatic carbocycles. The number of nitrogens with two attached hydrogens (primary N) is 1. The molecule has 0 fully saturated rings. The summed E-state index contributed by atoms with van der Waals surface area (Å²) in [6, 6.07) is 12.5. The average Bonchev–Trinajstić information content (AvgIpc) is 2.37. The van der Waals surface area contributed by atoms with Crippen molar-refractivity contribution in [1.82, 2.24) is 0 Å². The molecule has 1 amide bonds. The van der Waals surface area contributed by atoms with Crippen LogP contribution in [-0.2, 0) is 11.2 Å². The van der Waals surface area contributed by atoms with Crippen molar-refractivity contribution in [1.29, 1.82) is 0 Å². The van der Waals surface area contributed by atoms with E-state index in [0.717, 1.165) is 5.56 Å². The number of carbonyl (C=O) groups excluding carboxylic acids is 1. The van der Waals surface area contributed by atoms with Crippen LogP contribution in [0.4, 0.5) is 11.4 Å². The van der Waals surface area contributed by atoms with Crippen LogP contribution < -0.4 is 11.1 Å². The van der Waals surface area contributed by atoms with Gasteiger partial charge in [-0.1, -0.05) is 53.5 Å². The van der Waals surface area contributed by atoms with E-state index in [0.29, 0.717) is 21.4 Å². The molecule has 0 aromatic heterocycles. The van der Waals surface area contributed by atoms with E-state index in [4.69, 9.17) is 28.9 Å². The molecule has 2 aromatic rings. The number of halogens is 2. The fourth-order valence-corrected chi connectivity index (χ4v) is 2.02. The predicted octanol–water partition coefficient (Wildman–Crippen LogP) is 3.76. The smallest absolute Gasteiger partial charge is 0.228 e. The van der Waals surface area contributed by atoms with Crippen LogP contribution in [0.25, 0.3) is 0 Å². The molecule has 0 aliphatic heterocycles. The maximum Gasteiger partial charge on any atom is 0.228 e. The maximum atomic E-state index is 11.9. The molecule has 3 nitrogen and oxygen atoms in total. The monoisotopic (exact) mass is 294 g/mol. The van der Waals surface area contributed by atoms with E-state index in [9.17, 15) is 4.79 Å². The molecule has 0 bridgehead atoms. The highest BCUT2D eigenvalue weighted by Crippen LogP contribution is 2.30. The van der Waals surface area contributed by atoms with Crippen molar-refractivity contribution in [2.24, 2.45) is 0 Å². The Balaban J connectivity index is 2.09. The Labute approximate surface area is 121 Å². The molecular formula is C14H12Cl2N2O. The Morgan fingerprint density at radius 3 is 2.47 bits per heavy atom. The molecule has 0 spiro atoms. The van der Waals surface area contributed by atoms with Crippen molar-refractivity contribution < 1.29 is 4.79 Å². The molecular weight excluding hydrogens is 283 g/mol. The molecule has 2 aromatic carbocycles. The van der Waals surface area contributed by atoms with Gasteiger partial charge in [0.2, 0.25) is 5.91 Å². The summed E-state index contributed by atoms with van der Waals surface area (Å²) < 4.78 is 0. The van der Waals surface area contributed by atoms with Crippen LogP contribution in [0.15, 0.2) is 42.5 Å². The molecule has 98 valence electrons. The Bertz CT molecular complexity index is 600. The maximum absolute atomic E-state index is 11.9. The Hall–Kier alpha value is -1.71. The lowest BCUT2D eigenvalue weighted by molar-refractivity contribution is -0.115. The van der Waals surface area contributed by atoms with Crippen LogP contribution in [-0.4, -0.2) is 5.91 Å². The predicted molar refractivity (Wildman–Crippen MR) is 79.7 cm³/mol. The van der Waals surface area contributed by atoms with E-state index in [2.05, 4.69) is 5.32 Å². The van der Waals surface area contributed by atoms with Gasteiger partial charge in [-0.3, -0.25) is 4.79 Å². The van der Waals surface area contributed by atoms with Gasteiger partial charge in [0.25, 0.3) is 0 Å². The lowest BCUT2D eigenvalue weighted by atomic mass is 10.1. The topological polar surface area (TPSA) is 55.1 Å². The van der Waals surface area contributed by atoms with E-state index in [1.165, 1.54) is 6.07 Å². The average molecular weight is 295 g/mol. The zero-order chi connectivity index (χ0) is 13.8. The van der Waals surface area contributed by atoms with Crippen LogP contribution in [0.2, 0.25) is 10.0 Å². The van der Waals surface area contributed by atoms with E-state index in [1.807, 2.05) is 30.3 Å². The van der Waals surface area contributed by atoms with Crippen molar-refractivity contribution in [2.45, 2.75) is 6.42 Å². The highest BCUT2D eigenvalue weighted by atomic mass is 35.5. The highest BCUT2D eigenvalue weighted by molar-refractivity contribution is 6.37. The minimum atomic E-state index is -0.158. The second-order valence-corrected chi connectivity index (χ2v) is 4.88. The first-order chi connectivity index (χ1) is 9.06. The van der Waals surface area contributed by atoms with E-state index < -0.39 is 0 Å². The fraction of sp³-hybridized carbons (Fsp3) is 0.0714. The van der Waals surface area contributed by atoms with Gasteiger partial charge >= 0.3 is 0 Å². The van der Waals surface area contributed by atoms with Crippen molar-refractivity contribution >= 4 is 40.5 Å². The number of hydrogen-bond donors (Lipinski definition) is 2. The number of rotatable bonds is 3. The van der Waals surface area contributed by atoms with Crippen LogP contribution in [0.3, 0.4) is 0 Å². The molecule has 0 aliphatic rings. The van der Waals surface area contributed by atoms with Gasteiger partial charge in [0.05, 0.1) is 27.8 Å². The van der Waals surface area contributed by atoms with Gasteiger partial charge in [0, 0.05) is 0 Å². The summed E-state index contributed by atoms with van der Waals surface area (Å²) in [6.07, 6.45) is 0.277. The summed E-state index contributed by atoms with van der Waals surface area (Å²) in [7, 11) is 0. The normalized spacial score (nSPS) is 10.2. The molecule has 0 atom stereocenters. The van der Waals surface area contributed by atoms with E-state index in [-0.39, 0.29) is 12.3 Å². The molecule has 2 rings (SSSR count). The summed E-state index contributed by atoms with van der Waals surface area (Å²) in [5.74, 6) is -0.158. The summed E-state index contributed by atoms with van der Waals surface area (Å²) in [5, 5.41) is 3.44. The van der Waals surface area contributed by atoms with E-state index >= 15 is 0 Å². The van der Waals surface area contributed by atoms with Crippen molar-refractivity contribution in [3.05, 3.63) is 58.1 Å². The number of nitrogen functional groups attached to an aromatic ring is 1. The molecule has 0 saturated heterocycles. The molecule has 0 unspecified atom stereocenters. The summed E-state index contributed by atoms with van der Waals surface area (Å²) in [6.45, 7) is 0. The third-order valence-corrected chi connectivity index (χ3v) is 3.21. The zero-order valence-electron chi connectivity index (χ0n) is 9.99. The number of amides is 1. The van der Waals surface area contributed by atoms with Crippen LogP contribution in [0, 0.1) is 0 Å². The fourth-order valence-electron chi connectivity index (χ4n) is 1.63. The van der Waals surface area contributed by atoms with Crippen molar-refractivity contribution in [3.8, 4) is 0 Å². The van der Waals surface area contributed by atoms with Gasteiger partial charge in [-0.15, -0.1) is 0 Å².